The van der Waals surface area contributed by atoms with Gasteiger partial charge in [-0.15, -0.1) is 0 Å². The van der Waals surface area contributed by atoms with Crippen LogP contribution in [-0.4, -0.2) is 0 Å². The molecule has 0 radical (unpaired) electrons. The average Bonchev–Trinajstić information content (AvgIpc) is 2.49. The highest BCUT2D eigenvalue weighted by Crippen LogP contribution is 2.32. The second-order valence-corrected chi connectivity index (χ2v) is 5.71. The van der Waals surface area contributed by atoms with Gasteiger partial charge in [0.15, 0.2) is 0 Å². The van der Waals surface area contributed by atoms with Crippen LogP contribution in [0.2, 0.25) is 0 Å². The molecule has 0 bridgehead atoms. The summed E-state index contributed by atoms with van der Waals surface area (Å²) in [5.41, 5.74) is 9.37. The fraction of sp³-hybridized carbons (Fsp3) is 0.333. The minimum Gasteiger partial charge on any atom is -0.457 e. The Bertz CT molecular complexity index is 652. The van der Waals surface area contributed by atoms with Gasteiger partial charge < -0.3 is 10.5 Å². The zero-order chi connectivity index (χ0) is 14.8. The normalized spacial score (nSPS) is 15.4. The minimum absolute atomic E-state index is 0.270. The van der Waals surface area contributed by atoms with Crippen LogP contribution in [0.1, 0.15) is 42.5 Å². The van der Waals surface area contributed by atoms with Crippen LogP contribution in [0.3, 0.4) is 0 Å². The molecule has 0 fully saturated rings. The predicted molar refractivity (Wildman–Crippen MR) is 82.2 cm³/mol. The van der Waals surface area contributed by atoms with Crippen LogP contribution in [0.4, 0.5) is 4.39 Å². The topological polar surface area (TPSA) is 35.2 Å². The summed E-state index contributed by atoms with van der Waals surface area (Å²) in [7, 11) is 0. The summed E-state index contributed by atoms with van der Waals surface area (Å²) in [5, 5.41) is 0. The van der Waals surface area contributed by atoms with E-state index < -0.39 is 0 Å². The van der Waals surface area contributed by atoms with Gasteiger partial charge in [-0.3, -0.25) is 0 Å². The number of aryl methyl sites for hydroxylation is 2. The van der Waals surface area contributed by atoms with Crippen molar-refractivity contribution in [3.63, 3.8) is 0 Å². The first kappa shape index (κ1) is 14.1. The fourth-order valence-electron chi connectivity index (χ4n) is 2.87. The zero-order valence-corrected chi connectivity index (χ0v) is 12.2. The predicted octanol–water partition coefficient (Wildman–Crippen LogP) is 4.52. The number of benzene rings is 2. The Hall–Kier alpha value is -1.87. The molecule has 2 N–H and O–H groups in total. The van der Waals surface area contributed by atoms with Crippen molar-refractivity contribution in [1.29, 1.82) is 0 Å². The maximum atomic E-state index is 13.4. The van der Waals surface area contributed by atoms with E-state index in [9.17, 15) is 4.39 Å². The Kier molecular flexibility index (Phi) is 3.93. The summed E-state index contributed by atoms with van der Waals surface area (Å²) in [6, 6.07) is 10.4. The lowest BCUT2D eigenvalue weighted by atomic mass is 9.92. The number of nitrogens with two attached hydrogens (primary N) is 1. The Morgan fingerprint density at radius 3 is 2.57 bits per heavy atom. The molecule has 2 aromatic carbocycles. The van der Waals surface area contributed by atoms with Crippen LogP contribution in [-0.2, 0) is 12.8 Å². The number of hydrogen-bond acceptors (Lipinski definition) is 2. The maximum absolute atomic E-state index is 13.4. The average molecular weight is 285 g/mol. The summed E-state index contributed by atoms with van der Waals surface area (Å²) in [5.74, 6) is 1.13. The van der Waals surface area contributed by atoms with E-state index in [1.807, 2.05) is 13.0 Å². The second-order valence-electron chi connectivity index (χ2n) is 5.71. The van der Waals surface area contributed by atoms with Crippen LogP contribution in [0.25, 0.3) is 0 Å². The van der Waals surface area contributed by atoms with Gasteiger partial charge in [0.25, 0.3) is 0 Å². The summed E-state index contributed by atoms with van der Waals surface area (Å²) < 4.78 is 19.3. The van der Waals surface area contributed by atoms with Crippen LogP contribution in [0.5, 0.6) is 11.5 Å². The standard InChI is InChI=1S/C18H20FNO/c1-12(20)17-11-15(19)7-9-18(17)21-16-8-6-13-4-2-3-5-14(13)10-16/h6-12H,2-5,20H2,1H3/t12-/m1/s1. The summed E-state index contributed by atoms with van der Waals surface area (Å²) in [4.78, 5) is 0. The van der Waals surface area contributed by atoms with Crippen molar-refractivity contribution in [3.8, 4) is 11.5 Å². The lowest BCUT2D eigenvalue weighted by molar-refractivity contribution is 0.467. The molecular formula is C18H20FNO. The molecule has 3 heteroatoms. The highest BCUT2D eigenvalue weighted by Gasteiger charge is 2.13. The maximum Gasteiger partial charge on any atom is 0.132 e. The molecule has 0 saturated carbocycles. The molecule has 110 valence electrons. The van der Waals surface area contributed by atoms with Crippen LogP contribution >= 0.6 is 0 Å². The second kappa shape index (κ2) is 5.86. The van der Waals surface area contributed by atoms with E-state index in [2.05, 4.69) is 12.1 Å². The highest BCUT2D eigenvalue weighted by molar-refractivity contribution is 5.43. The van der Waals surface area contributed by atoms with Gasteiger partial charge in [0, 0.05) is 11.6 Å². The van der Waals surface area contributed by atoms with Gasteiger partial charge in [-0.1, -0.05) is 6.07 Å². The molecule has 0 aromatic heterocycles. The van der Waals surface area contributed by atoms with Crippen molar-refractivity contribution in [3.05, 3.63) is 58.9 Å². The fourth-order valence-corrected chi connectivity index (χ4v) is 2.87. The van der Waals surface area contributed by atoms with Gasteiger partial charge in [-0.25, -0.2) is 4.39 Å². The molecule has 1 aliphatic carbocycles. The molecule has 0 heterocycles. The van der Waals surface area contributed by atoms with Crippen LogP contribution in [0.15, 0.2) is 36.4 Å². The Morgan fingerprint density at radius 1 is 1.05 bits per heavy atom. The first-order valence-corrected chi connectivity index (χ1v) is 7.48. The SMILES string of the molecule is C[C@@H](N)c1cc(F)ccc1Oc1ccc2c(c1)CCCC2. The molecule has 2 nitrogen and oxygen atoms in total. The van der Waals surface area contributed by atoms with E-state index in [4.69, 9.17) is 10.5 Å². The number of ether oxygens (including phenoxy) is 1. The van der Waals surface area contributed by atoms with E-state index in [-0.39, 0.29) is 11.9 Å². The van der Waals surface area contributed by atoms with Gasteiger partial charge in [0.1, 0.15) is 17.3 Å². The lowest BCUT2D eigenvalue weighted by Gasteiger charge is -2.18. The quantitative estimate of drug-likeness (QED) is 0.900. The molecule has 3 rings (SSSR count). The number of halogens is 1. The van der Waals surface area contributed by atoms with Crippen molar-refractivity contribution < 1.29 is 9.13 Å². The molecule has 0 amide bonds. The van der Waals surface area contributed by atoms with Crippen molar-refractivity contribution in [2.24, 2.45) is 5.73 Å². The molecule has 21 heavy (non-hydrogen) atoms. The Balaban J connectivity index is 1.90. The monoisotopic (exact) mass is 285 g/mol. The van der Waals surface area contributed by atoms with Gasteiger partial charge in [0.2, 0.25) is 0 Å². The van der Waals surface area contributed by atoms with Crippen molar-refractivity contribution in [2.45, 2.75) is 38.6 Å². The van der Waals surface area contributed by atoms with Crippen molar-refractivity contribution >= 4 is 0 Å². The highest BCUT2D eigenvalue weighted by atomic mass is 19.1. The summed E-state index contributed by atoms with van der Waals surface area (Å²) in [6.07, 6.45) is 4.76. The molecule has 0 unspecified atom stereocenters. The lowest BCUT2D eigenvalue weighted by Crippen LogP contribution is -2.07. The van der Waals surface area contributed by atoms with Gasteiger partial charge in [-0.05, 0) is 74.1 Å². The molecular weight excluding hydrogens is 265 g/mol. The Labute approximate surface area is 124 Å². The molecule has 0 saturated heterocycles. The van der Waals surface area contributed by atoms with E-state index in [0.29, 0.717) is 11.3 Å². The number of rotatable bonds is 3. The van der Waals surface area contributed by atoms with Crippen molar-refractivity contribution in [1.82, 2.24) is 0 Å². The number of hydrogen-bond donors (Lipinski definition) is 1. The van der Waals surface area contributed by atoms with Crippen molar-refractivity contribution in [2.75, 3.05) is 0 Å². The third kappa shape index (κ3) is 3.08. The molecule has 1 aliphatic rings. The van der Waals surface area contributed by atoms with Crippen LogP contribution < -0.4 is 10.5 Å². The molecule has 0 aliphatic heterocycles. The first-order chi connectivity index (χ1) is 10.1. The van der Waals surface area contributed by atoms with Gasteiger partial charge in [-0.2, -0.15) is 0 Å². The summed E-state index contributed by atoms with van der Waals surface area (Å²) >= 11 is 0. The molecule has 0 spiro atoms. The van der Waals surface area contributed by atoms with E-state index in [1.165, 1.54) is 36.1 Å². The molecule has 1 atom stereocenters. The number of fused-ring (bicyclic) bond motifs is 1. The van der Waals surface area contributed by atoms with Crippen LogP contribution in [0, 0.1) is 5.82 Å². The minimum atomic E-state index is -0.292. The first-order valence-electron chi connectivity index (χ1n) is 7.48. The Morgan fingerprint density at radius 2 is 1.81 bits per heavy atom. The van der Waals surface area contributed by atoms with Gasteiger partial charge in [0.05, 0.1) is 0 Å². The van der Waals surface area contributed by atoms with Gasteiger partial charge >= 0.3 is 0 Å². The third-order valence-electron chi connectivity index (χ3n) is 4.01. The summed E-state index contributed by atoms with van der Waals surface area (Å²) in [6.45, 7) is 1.83. The van der Waals surface area contributed by atoms with E-state index in [1.54, 1.807) is 6.07 Å². The third-order valence-corrected chi connectivity index (χ3v) is 4.01. The smallest absolute Gasteiger partial charge is 0.132 e. The largest absolute Gasteiger partial charge is 0.457 e. The van der Waals surface area contributed by atoms with E-state index >= 15 is 0 Å². The van der Waals surface area contributed by atoms with E-state index in [0.717, 1.165) is 18.6 Å². The molecule has 2 aromatic rings. The zero-order valence-electron chi connectivity index (χ0n) is 12.2.